The summed E-state index contributed by atoms with van der Waals surface area (Å²) in [5.41, 5.74) is 1.84. The standard InChI is InChI=1S/C16H26N2/c1-14(2)17-13-16(9-11-18(3)12-10-16)15-7-5-4-6-8-15/h4-8,14,17H,9-13H2,1-3H3. The van der Waals surface area contributed by atoms with Crippen molar-refractivity contribution in [1.29, 1.82) is 0 Å². The third kappa shape index (κ3) is 3.12. The number of likely N-dealkylation sites (tertiary alicyclic amines) is 1. The van der Waals surface area contributed by atoms with E-state index in [0.29, 0.717) is 11.5 Å². The fourth-order valence-corrected chi connectivity index (χ4v) is 2.81. The van der Waals surface area contributed by atoms with Crippen LogP contribution >= 0.6 is 0 Å². The maximum absolute atomic E-state index is 3.65. The molecule has 18 heavy (non-hydrogen) atoms. The molecule has 1 aliphatic heterocycles. The maximum Gasteiger partial charge on any atom is 0.0102 e. The summed E-state index contributed by atoms with van der Waals surface area (Å²) in [4.78, 5) is 2.44. The molecule has 1 aromatic carbocycles. The average Bonchev–Trinajstić information content (AvgIpc) is 2.39. The highest BCUT2D eigenvalue weighted by molar-refractivity contribution is 5.27. The zero-order valence-corrected chi connectivity index (χ0v) is 11.9. The molecule has 0 aromatic heterocycles. The summed E-state index contributed by atoms with van der Waals surface area (Å²) in [5, 5.41) is 3.65. The molecule has 1 aliphatic rings. The highest BCUT2D eigenvalue weighted by Crippen LogP contribution is 2.34. The van der Waals surface area contributed by atoms with Gasteiger partial charge in [-0.3, -0.25) is 0 Å². The van der Waals surface area contributed by atoms with Crippen molar-refractivity contribution in [1.82, 2.24) is 10.2 Å². The first-order valence-corrected chi connectivity index (χ1v) is 7.10. The van der Waals surface area contributed by atoms with Gasteiger partial charge in [-0.05, 0) is 38.5 Å². The minimum Gasteiger partial charge on any atom is -0.314 e. The topological polar surface area (TPSA) is 15.3 Å². The van der Waals surface area contributed by atoms with Gasteiger partial charge in [-0.25, -0.2) is 0 Å². The molecule has 2 rings (SSSR count). The van der Waals surface area contributed by atoms with E-state index < -0.39 is 0 Å². The normalized spacial score (nSPS) is 20.2. The van der Waals surface area contributed by atoms with Crippen molar-refractivity contribution in [2.24, 2.45) is 0 Å². The van der Waals surface area contributed by atoms with Crippen molar-refractivity contribution >= 4 is 0 Å². The van der Waals surface area contributed by atoms with E-state index in [4.69, 9.17) is 0 Å². The van der Waals surface area contributed by atoms with Crippen molar-refractivity contribution < 1.29 is 0 Å². The molecule has 0 aliphatic carbocycles. The lowest BCUT2D eigenvalue weighted by atomic mass is 9.72. The summed E-state index contributed by atoms with van der Waals surface area (Å²) in [6, 6.07) is 11.6. The van der Waals surface area contributed by atoms with Gasteiger partial charge in [0.15, 0.2) is 0 Å². The number of piperidine rings is 1. The maximum atomic E-state index is 3.65. The Hall–Kier alpha value is -0.860. The van der Waals surface area contributed by atoms with Gasteiger partial charge >= 0.3 is 0 Å². The summed E-state index contributed by atoms with van der Waals surface area (Å²) >= 11 is 0. The Balaban J connectivity index is 2.17. The Bertz CT molecular complexity index is 351. The Kier molecular flexibility index (Phi) is 4.41. The van der Waals surface area contributed by atoms with Crippen LogP contribution in [0.3, 0.4) is 0 Å². The molecule has 100 valence electrons. The molecule has 0 atom stereocenters. The van der Waals surface area contributed by atoms with Crippen LogP contribution in [0.25, 0.3) is 0 Å². The lowest BCUT2D eigenvalue weighted by molar-refractivity contribution is 0.181. The third-order valence-electron chi connectivity index (χ3n) is 4.18. The van der Waals surface area contributed by atoms with Gasteiger partial charge < -0.3 is 10.2 Å². The van der Waals surface area contributed by atoms with Gasteiger partial charge in [-0.15, -0.1) is 0 Å². The van der Waals surface area contributed by atoms with Crippen molar-refractivity contribution in [2.75, 3.05) is 26.7 Å². The van der Waals surface area contributed by atoms with Crippen LogP contribution in [0, 0.1) is 0 Å². The SMILES string of the molecule is CC(C)NCC1(c2ccccc2)CCN(C)CC1. The van der Waals surface area contributed by atoms with Gasteiger partial charge in [0, 0.05) is 18.0 Å². The Morgan fingerprint density at radius 2 is 1.78 bits per heavy atom. The van der Waals surface area contributed by atoms with Crippen molar-refractivity contribution in [3.8, 4) is 0 Å². The van der Waals surface area contributed by atoms with Gasteiger partial charge in [-0.1, -0.05) is 44.2 Å². The molecule has 1 aromatic rings. The molecule has 1 fully saturated rings. The second-order valence-electron chi connectivity index (χ2n) is 5.99. The van der Waals surface area contributed by atoms with Crippen LogP contribution in [-0.4, -0.2) is 37.6 Å². The predicted molar refractivity (Wildman–Crippen MR) is 78.0 cm³/mol. The van der Waals surface area contributed by atoms with Gasteiger partial charge in [0.25, 0.3) is 0 Å². The van der Waals surface area contributed by atoms with E-state index in [9.17, 15) is 0 Å². The molecule has 0 unspecified atom stereocenters. The molecule has 1 heterocycles. The van der Waals surface area contributed by atoms with E-state index in [0.717, 1.165) is 6.54 Å². The molecule has 0 saturated carbocycles. The molecule has 0 spiro atoms. The molecular weight excluding hydrogens is 220 g/mol. The van der Waals surface area contributed by atoms with E-state index >= 15 is 0 Å². The molecule has 1 N–H and O–H groups in total. The molecule has 0 bridgehead atoms. The Morgan fingerprint density at radius 3 is 2.33 bits per heavy atom. The number of nitrogens with zero attached hydrogens (tertiary/aromatic N) is 1. The summed E-state index contributed by atoms with van der Waals surface area (Å²) in [7, 11) is 2.23. The van der Waals surface area contributed by atoms with Gasteiger partial charge in [0.1, 0.15) is 0 Å². The van der Waals surface area contributed by atoms with E-state index in [1.807, 2.05) is 0 Å². The Labute approximate surface area is 111 Å². The van der Waals surface area contributed by atoms with E-state index in [-0.39, 0.29) is 0 Å². The second kappa shape index (κ2) is 5.85. The van der Waals surface area contributed by atoms with Gasteiger partial charge in [-0.2, -0.15) is 0 Å². The van der Waals surface area contributed by atoms with Crippen LogP contribution in [0.5, 0.6) is 0 Å². The first kappa shape index (κ1) is 13.6. The lowest BCUT2D eigenvalue weighted by Crippen LogP contribution is -2.48. The summed E-state index contributed by atoms with van der Waals surface area (Å²) in [6.45, 7) is 7.97. The fraction of sp³-hybridized carbons (Fsp3) is 0.625. The first-order chi connectivity index (χ1) is 8.62. The zero-order valence-electron chi connectivity index (χ0n) is 11.9. The number of hydrogen-bond acceptors (Lipinski definition) is 2. The van der Waals surface area contributed by atoms with Crippen molar-refractivity contribution in [3.63, 3.8) is 0 Å². The number of hydrogen-bond donors (Lipinski definition) is 1. The van der Waals surface area contributed by atoms with Crippen LogP contribution in [0.4, 0.5) is 0 Å². The van der Waals surface area contributed by atoms with Crippen LogP contribution in [0.2, 0.25) is 0 Å². The van der Waals surface area contributed by atoms with Crippen LogP contribution < -0.4 is 5.32 Å². The summed E-state index contributed by atoms with van der Waals surface area (Å²) in [5.74, 6) is 0. The largest absolute Gasteiger partial charge is 0.314 e. The number of nitrogens with one attached hydrogen (secondary N) is 1. The molecule has 0 amide bonds. The molecular formula is C16H26N2. The van der Waals surface area contributed by atoms with E-state index in [2.05, 4.69) is 61.4 Å². The molecule has 0 radical (unpaired) electrons. The lowest BCUT2D eigenvalue weighted by Gasteiger charge is -2.42. The monoisotopic (exact) mass is 246 g/mol. The first-order valence-electron chi connectivity index (χ1n) is 7.10. The van der Waals surface area contributed by atoms with Gasteiger partial charge in [0.05, 0.1) is 0 Å². The summed E-state index contributed by atoms with van der Waals surface area (Å²) in [6.07, 6.45) is 2.51. The highest BCUT2D eigenvalue weighted by atomic mass is 15.1. The predicted octanol–water partition coefficient (Wildman–Crippen LogP) is 2.65. The highest BCUT2D eigenvalue weighted by Gasteiger charge is 2.34. The van der Waals surface area contributed by atoms with Crippen molar-refractivity contribution in [3.05, 3.63) is 35.9 Å². The number of benzene rings is 1. The smallest absolute Gasteiger partial charge is 0.0102 e. The minimum absolute atomic E-state index is 0.331. The van der Waals surface area contributed by atoms with Gasteiger partial charge in [0.2, 0.25) is 0 Å². The molecule has 1 saturated heterocycles. The van der Waals surface area contributed by atoms with E-state index in [1.165, 1.54) is 31.5 Å². The zero-order chi connectivity index (χ0) is 13.0. The van der Waals surface area contributed by atoms with Crippen LogP contribution in [-0.2, 0) is 5.41 Å². The molecule has 2 heteroatoms. The third-order valence-corrected chi connectivity index (χ3v) is 4.18. The average molecular weight is 246 g/mol. The second-order valence-corrected chi connectivity index (χ2v) is 5.99. The quantitative estimate of drug-likeness (QED) is 0.878. The van der Waals surface area contributed by atoms with Crippen molar-refractivity contribution in [2.45, 2.75) is 38.1 Å². The fourth-order valence-electron chi connectivity index (χ4n) is 2.81. The molecule has 2 nitrogen and oxygen atoms in total. The summed E-state index contributed by atoms with van der Waals surface area (Å²) < 4.78 is 0. The van der Waals surface area contributed by atoms with E-state index in [1.54, 1.807) is 0 Å². The minimum atomic E-state index is 0.331. The number of rotatable bonds is 4. The van der Waals surface area contributed by atoms with Crippen LogP contribution in [0.1, 0.15) is 32.3 Å². The Morgan fingerprint density at radius 1 is 1.17 bits per heavy atom. The van der Waals surface area contributed by atoms with Crippen LogP contribution in [0.15, 0.2) is 30.3 Å².